The smallest absolute Gasteiger partial charge is 0.418 e. The summed E-state index contributed by atoms with van der Waals surface area (Å²) in [7, 11) is 0. The summed E-state index contributed by atoms with van der Waals surface area (Å²) in [6.45, 7) is 2.90. The summed E-state index contributed by atoms with van der Waals surface area (Å²) in [5.41, 5.74) is -2.37. The van der Waals surface area contributed by atoms with E-state index < -0.39 is 28.6 Å². The number of ketones is 1. The fourth-order valence-electron chi connectivity index (χ4n) is 1.54. The number of nitrogens with zero attached hydrogens (tertiary/aromatic N) is 1. The molecular formula is C12H10F3NO2. The number of carbonyl (C=O) groups is 1. The molecule has 0 radical (unpaired) electrons. The van der Waals surface area contributed by atoms with Gasteiger partial charge in [-0.1, -0.05) is 0 Å². The first-order valence-electron chi connectivity index (χ1n) is 5.10. The first kappa shape index (κ1) is 14.0. The Morgan fingerprint density at radius 2 is 2.06 bits per heavy atom. The molecule has 6 heteroatoms. The summed E-state index contributed by atoms with van der Waals surface area (Å²) < 4.78 is 43.5. The molecule has 0 amide bonds. The molecule has 0 aliphatic heterocycles. The zero-order chi connectivity index (χ0) is 13.9. The second-order valence-electron chi connectivity index (χ2n) is 3.49. The largest absolute Gasteiger partial charge is 0.494 e. The predicted molar refractivity (Wildman–Crippen MR) is 57.3 cm³/mol. The van der Waals surface area contributed by atoms with E-state index in [1.165, 1.54) is 6.07 Å². The Morgan fingerprint density at radius 1 is 1.44 bits per heavy atom. The Labute approximate surface area is 102 Å². The molecule has 0 saturated carbocycles. The minimum atomic E-state index is -4.75. The number of nitriles is 1. The van der Waals surface area contributed by atoms with Gasteiger partial charge in [0.2, 0.25) is 0 Å². The van der Waals surface area contributed by atoms with Gasteiger partial charge in [-0.05, 0) is 26.0 Å². The molecule has 1 aromatic rings. The number of rotatable bonds is 3. The van der Waals surface area contributed by atoms with Crippen molar-refractivity contribution < 1.29 is 22.7 Å². The van der Waals surface area contributed by atoms with Crippen LogP contribution in [0.4, 0.5) is 13.2 Å². The predicted octanol–water partition coefficient (Wildman–Crippen LogP) is 3.18. The summed E-state index contributed by atoms with van der Waals surface area (Å²) >= 11 is 0. The second-order valence-corrected chi connectivity index (χ2v) is 3.49. The lowest BCUT2D eigenvalue weighted by atomic mass is 9.98. The standard InChI is InChI=1S/C12H10F3NO2/c1-3-18-9-4-8(6-16)11(12(13,14)15)10(5-9)7(2)17/h4-5H,3H2,1-2H3. The Hall–Kier alpha value is -2.03. The van der Waals surface area contributed by atoms with E-state index >= 15 is 0 Å². The van der Waals surface area contributed by atoms with Gasteiger partial charge in [0, 0.05) is 5.56 Å². The Bertz CT molecular complexity index is 515. The monoisotopic (exact) mass is 257 g/mol. The number of halogens is 3. The first-order chi connectivity index (χ1) is 8.31. The van der Waals surface area contributed by atoms with Gasteiger partial charge in [-0.25, -0.2) is 0 Å². The van der Waals surface area contributed by atoms with E-state index in [9.17, 15) is 18.0 Å². The van der Waals surface area contributed by atoms with E-state index in [2.05, 4.69) is 0 Å². The third-order valence-corrected chi connectivity index (χ3v) is 2.21. The molecule has 3 nitrogen and oxygen atoms in total. The maximum atomic E-state index is 12.8. The third-order valence-electron chi connectivity index (χ3n) is 2.21. The lowest BCUT2D eigenvalue weighted by Gasteiger charge is -2.14. The molecule has 0 fully saturated rings. The van der Waals surface area contributed by atoms with Crippen molar-refractivity contribution in [1.29, 1.82) is 5.26 Å². The minimum Gasteiger partial charge on any atom is -0.494 e. The van der Waals surface area contributed by atoms with E-state index in [4.69, 9.17) is 10.00 Å². The molecule has 0 unspecified atom stereocenters. The molecule has 0 aromatic heterocycles. The van der Waals surface area contributed by atoms with Crippen molar-refractivity contribution in [3.63, 3.8) is 0 Å². The molecular weight excluding hydrogens is 247 g/mol. The van der Waals surface area contributed by atoms with E-state index in [1.54, 1.807) is 6.92 Å². The van der Waals surface area contributed by atoms with Crippen LogP contribution in [0.2, 0.25) is 0 Å². The number of benzene rings is 1. The van der Waals surface area contributed by atoms with Gasteiger partial charge in [-0.3, -0.25) is 4.79 Å². The van der Waals surface area contributed by atoms with Crippen molar-refractivity contribution in [2.75, 3.05) is 6.61 Å². The molecule has 0 heterocycles. The molecule has 96 valence electrons. The molecule has 0 atom stereocenters. The lowest BCUT2D eigenvalue weighted by Crippen LogP contribution is -2.14. The summed E-state index contributed by atoms with van der Waals surface area (Å²) in [5.74, 6) is -0.687. The van der Waals surface area contributed by atoms with Crippen molar-refractivity contribution in [2.45, 2.75) is 20.0 Å². The van der Waals surface area contributed by atoms with Crippen LogP contribution in [0.15, 0.2) is 12.1 Å². The first-order valence-corrected chi connectivity index (χ1v) is 5.10. The van der Waals surface area contributed by atoms with Gasteiger partial charge >= 0.3 is 6.18 Å². The maximum Gasteiger partial charge on any atom is 0.418 e. The number of hydrogen-bond acceptors (Lipinski definition) is 3. The highest BCUT2D eigenvalue weighted by molar-refractivity contribution is 5.96. The average molecular weight is 257 g/mol. The zero-order valence-corrected chi connectivity index (χ0v) is 9.76. The van der Waals surface area contributed by atoms with Crippen LogP contribution >= 0.6 is 0 Å². The van der Waals surface area contributed by atoms with E-state index in [0.29, 0.717) is 0 Å². The number of Topliss-reactive ketones (excluding diaryl/α,β-unsaturated/α-hetero) is 1. The van der Waals surface area contributed by atoms with E-state index in [1.807, 2.05) is 0 Å². The van der Waals surface area contributed by atoms with E-state index in [-0.39, 0.29) is 12.4 Å². The normalized spacial score (nSPS) is 10.9. The summed E-state index contributed by atoms with van der Waals surface area (Å²) in [5, 5.41) is 8.76. The van der Waals surface area contributed by atoms with E-state index in [0.717, 1.165) is 19.1 Å². The highest BCUT2D eigenvalue weighted by atomic mass is 19.4. The quantitative estimate of drug-likeness (QED) is 0.781. The van der Waals surface area contributed by atoms with Crippen LogP contribution in [0, 0.1) is 11.3 Å². The SMILES string of the molecule is CCOc1cc(C#N)c(C(F)(F)F)c(C(C)=O)c1. The number of carbonyl (C=O) groups excluding carboxylic acids is 1. The number of hydrogen-bond donors (Lipinski definition) is 0. The molecule has 1 rings (SSSR count). The van der Waals surface area contributed by atoms with Gasteiger partial charge in [0.1, 0.15) is 5.75 Å². The summed E-state index contributed by atoms with van der Waals surface area (Å²) in [6.07, 6.45) is -4.75. The van der Waals surface area contributed by atoms with Crippen molar-refractivity contribution in [3.05, 3.63) is 28.8 Å². The van der Waals surface area contributed by atoms with Gasteiger partial charge in [-0.15, -0.1) is 0 Å². The van der Waals surface area contributed by atoms with Gasteiger partial charge in [0.05, 0.1) is 23.8 Å². The van der Waals surface area contributed by atoms with Crippen LogP contribution in [0.1, 0.15) is 35.3 Å². The highest BCUT2D eigenvalue weighted by Gasteiger charge is 2.38. The molecule has 0 spiro atoms. The number of ether oxygens (including phenoxy) is 1. The Balaban J connectivity index is 3.58. The summed E-state index contributed by atoms with van der Waals surface area (Å²) in [4.78, 5) is 11.3. The fraction of sp³-hybridized carbons (Fsp3) is 0.333. The van der Waals surface area contributed by atoms with Crippen LogP contribution < -0.4 is 4.74 Å². The van der Waals surface area contributed by atoms with Crippen molar-refractivity contribution in [2.24, 2.45) is 0 Å². The van der Waals surface area contributed by atoms with Gasteiger partial charge < -0.3 is 4.74 Å². The van der Waals surface area contributed by atoms with Crippen LogP contribution in [0.5, 0.6) is 5.75 Å². The van der Waals surface area contributed by atoms with Crippen molar-refractivity contribution >= 4 is 5.78 Å². The van der Waals surface area contributed by atoms with Crippen LogP contribution in [0.25, 0.3) is 0 Å². The van der Waals surface area contributed by atoms with Gasteiger partial charge in [-0.2, -0.15) is 18.4 Å². The maximum absolute atomic E-state index is 12.8. The van der Waals surface area contributed by atoms with Gasteiger partial charge in [0.25, 0.3) is 0 Å². The summed E-state index contributed by atoms with van der Waals surface area (Å²) in [6, 6.07) is 3.44. The van der Waals surface area contributed by atoms with Crippen LogP contribution in [0.3, 0.4) is 0 Å². The molecule has 18 heavy (non-hydrogen) atoms. The average Bonchev–Trinajstić information content (AvgIpc) is 2.26. The molecule has 0 aliphatic carbocycles. The van der Waals surface area contributed by atoms with Crippen molar-refractivity contribution in [1.82, 2.24) is 0 Å². The van der Waals surface area contributed by atoms with Crippen LogP contribution in [-0.4, -0.2) is 12.4 Å². The molecule has 0 aliphatic rings. The molecule has 0 N–H and O–H groups in total. The highest BCUT2D eigenvalue weighted by Crippen LogP contribution is 2.37. The van der Waals surface area contributed by atoms with Crippen LogP contribution in [-0.2, 0) is 6.18 Å². The second kappa shape index (κ2) is 5.08. The molecule has 1 aromatic carbocycles. The van der Waals surface area contributed by atoms with Crippen molar-refractivity contribution in [3.8, 4) is 11.8 Å². The lowest BCUT2D eigenvalue weighted by molar-refractivity contribution is -0.138. The molecule has 0 saturated heterocycles. The number of alkyl halides is 3. The Morgan fingerprint density at radius 3 is 2.44 bits per heavy atom. The molecule has 0 bridgehead atoms. The topological polar surface area (TPSA) is 50.1 Å². The minimum absolute atomic E-state index is 0.0762. The zero-order valence-electron chi connectivity index (χ0n) is 9.76. The Kier molecular flexibility index (Phi) is 3.96. The fourth-order valence-corrected chi connectivity index (χ4v) is 1.54. The van der Waals surface area contributed by atoms with Gasteiger partial charge in [0.15, 0.2) is 5.78 Å². The third kappa shape index (κ3) is 2.80.